The molecule has 1 heterocycles. The smallest absolute Gasteiger partial charge is 0.408 e. The third-order valence-electron chi connectivity index (χ3n) is 7.54. The zero-order chi connectivity index (χ0) is 32.8. The number of pyridine rings is 1. The van der Waals surface area contributed by atoms with Crippen molar-refractivity contribution in [1.82, 2.24) is 25.4 Å². The fraction of sp³-hybridized carbons (Fsp3) is 0.700. The first-order valence-corrected chi connectivity index (χ1v) is 15.1. The van der Waals surface area contributed by atoms with E-state index in [1.165, 1.54) is 23.0 Å². The van der Waals surface area contributed by atoms with Crippen molar-refractivity contribution < 1.29 is 29.0 Å². The molecule has 242 valence electrons. The molecule has 3 unspecified atom stereocenters. The number of aliphatic hydroxyl groups is 1. The van der Waals surface area contributed by atoms with Crippen LogP contribution in [-0.2, 0) is 25.5 Å². The molecule has 0 bridgehead atoms. The van der Waals surface area contributed by atoms with Crippen LogP contribution in [0.1, 0.15) is 72.1 Å². The van der Waals surface area contributed by atoms with E-state index >= 15 is 0 Å². The zero-order valence-corrected chi connectivity index (χ0v) is 27.6. The molecule has 13 heteroatoms. The SMILES string of the molecule is Cc1ncc(Cl)cc1C[C@@H](C(N)=O)N(C)C(=O)C(CC(C)C)NC(O)C(C)N(C)C(=O)[C@@H](NC(=O)OC(C)(C)C)C1CC1. The summed E-state index contributed by atoms with van der Waals surface area (Å²) in [5, 5.41) is 17.2. The molecule has 0 radical (unpaired) electrons. The summed E-state index contributed by atoms with van der Waals surface area (Å²) in [6.45, 7) is 12.5. The normalized spacial score (nSPS) is 16.9. The van der Waals surface area contributed by atoms with Gasteiger partial charge < -0.3 is 30.7 Å². The quantitative estimate of drug-likeness (QED) is 0.229. The maximum atomic E-state index is 13.7. The Morgan fingerprint density at radius 2 is 1.74 bits per heavy atom. The van der Waals surface area contributed by atoms with E-state index in [9.17, 15) is 24.3 Å². The number of aromatic nitrogens is 1. The number of primary amides is 1. The lowest BCUT2D eigenvalue weighted by molar-refractivity contribution is -0.142. The Morgan fingerprint density at radius 1 is 1.14 bits per heavy atom. The first-order valence-electron chi connectivity index (χ1n) is 14.7. The summed E-state index contributed by atoms with van der Waals surface area (Å²) in [5.74, 6) is -1.47. The Balaban J connectivity index is 2.18. The standard InChI is InChI=1S/C30H49ClN6O6/c1-16(2)12-22(27(40)37(9)23(25(32)38)14-20-13-21(31)15-33-17(20)3)34-26(39)18(4)36(8)28(41)24(19-10-11-19)35-29(42)43-30(5,6)7/h13,15-16,18-19,22-24,26,34,39H,10-12,14H2,1-9H3,(H2,32,38)(H,35,42)/t18?,22?,23-,24-,26?/m0/s1. The highest BCUT2D eigenvalue weighted by Gasteiger charge is 2.41. The minimum absolute atomic E-state index is 0.0206. The van der Waals surface area contributed by atoms with E-state index in [0.717, 1.165) is 12.8 Å². The summed E-state index contributed by atoms with van der Waals surface area (Å²) in [7, 11) is 3.04. The number of nitrogens with one attached hydrogen (secondary N) is 2. The maximum absolute atomic E-state index is 13.7. The van der Waals surface area contributed by atoms with E-state index in [2.05, 4.69) is 15.6 Å². The van der Waals surface area contributed by atoms with Crippen molar-refractivity contribution in [3.63, 3.8) is 0 Å². The first kappa shape index (κ1) is 36.2. The first-order chi connectivity index (χ1) is 19.8. The largest absolute Gasteiger partial charge is 0.444 e. The van der Waals surface area contributed by atoms with Crippen molar-refractivity contribution in [2.45, 2.75) is 110 Å². The second kappa shape index (κ2) is 15.2. The lowest BCUT2D eigenvalue weighted by Crippen LogP contribution is -2.60. The van der Waals surface area contributed by atoms with Gasteiger partial charge in [0.25, 0.3) is 0 Å². The monoisotopic (exact) mass is 624 g/mol. The molecule has 1 aromatic rings. The summed E-state index contributed by atoms with van der Waals surface area (Å²) in [4.78, 5) is 58.9. The molecule has 12 nitrogen and oxygen atoms in total. The number of hydrogen-bond acceptors (Lipinski definition) is 8. The number of nitrogens with zero attached hydrogens (tertiary/aromatic N) is 3. The van der Waals surface area contributed by atoms with Crippen LogP contribution in [-0.4, -0.2) is 93.8 Å². The van der Waals surface area contributed by atoms with Crippen molar-refractivity contribution >= 4 is 35.4 Å². The van der Waals surface area contributed by atoms with Crippen LogP contribution in [0, 0.1) is 18.8 Å². The molecule has 1 aliphatic rings. The number of likely N-dealkylation sites (N-methyl/N-ethyl adjacent to an activating group) is 2. The van der Waals surface area contributed by atoms with Crippen LogP contribution in [0.2, 0.25) is 5.02 Å². The fourth-order valence-corrected chi connectivity index (χ4v) is 4.91. The van der Waals surface area contributed by atoms with Crippen LogP contribution in [0.5, 0.6) is 0 Å². The lowest BCUT2D eigenvalue weighted by atomic mass is 9.99. The van der Waals surface area contributed by atoms with Crippen LogP contribution in [0.4, 0.5) is 4.79 Å². The molecule has 1 aromatic heterocycles. The minimum atomic E-state index is -1.30. The second-order valence-corrected chi connectivity index (χ2v) is 13.4. The number of hydrogen-bond donors (Lipinski definition) is 4. The summed E-state index contributed by atoms with van der Waals surface area (Å²) >= 11 is 6.10. The van der Waals surface area contributed by atoms with Crippen molar-refractivity contribution in [2.24, 2.45) is 17.6 Å². The van der Waals surface area contributed by atoms with Gasteiger partial charge in [0.05, 0.1) is 17.1 Å². The van der Waals surface area contributed by atoms with Gasteiger partial charge in [0.15, 0.2) is 0 Å². The maximum Gasteiger partial charge on any atom is 0.408 e. The van der Waals surface area contributed by atoms with Gasteiger partial charge in [0, 0.05) is 32.4 Å². The zero-order valence-electron chi connectivity index (χ0n) is 26.8. The number of rotatable bonds is 14. The molecule has 0 spiro atoms. The van der Waals surface area contributed by atoms with E-state index in [4.69, 9.17) is 22.1 Å². The number of carbonyl (C=O) groups is 4. The number of alkyl carbamates (subject to hydrolysis) is 1. The molecule has 5 N–H and O–H groups in total. The molecule has 0 aromatic carbocycles. The molecular weight excluding hydrogens is 576 g/mol. The third-order valence-corrected chi connectivity index (χ3v) is 7.75. The molecule has 2 rings (SSSR count). The molecule has 0 aliphatic heterocycles. The second-order valence-electron chi connectivity index (χ2n) is 12.9. The third kappa shape index (κ3) is 10.9. The van der Waals surface area contributed by atoms with E-state index < -0.39 is 53.9 Å². The predicted molar refractivity (Wildman–Crippen MR) is 164 cm³/mol. The van der Waals surface area contributed by atoms with Crippen LogP contribution in [0.25, 0.3) is 0 Å². The molecule has 1 fully saturated rings. The lowest BCUT2D eigenvalue weighted by Gasteiger charge is -2.36. The molecular formula is C30H49ClN6O6. The van der Waals surface area contributed by atoms with Crippen LogP contribution < -0.4 is 16.4 Å². The highest BCUT2D eigenvalue weighted by Crippen LogP contribution is 2.34. The number of amides is 4. The van der Waals surface area contributed by atoms with Gasteiger partial charge in [-0.15, -0.1) is 0 Å². The average Bonchev–Trinajstić information content (AvgIpc) is 3.73. The van der Waals surface area contributed by atoms with Crippen LogP contribution in [0.15, 0.2) is 12.3 Å². The molecule has 0 saturated heterocycles. The number of nitrogens with two attached hydrogens (primary N) is 1. The van der Waals surface area contributed by atoms with Gasteiger partial charge in [-0.2, -0.15) is 0 Å². The van der Waals surface area contributed by atoms with Crippen molar-refractivity contribution in [3.05, 3.63) is 28.5 Å². The molecule has 5 atom stereocenters. The Labute approximate surface area is 260 Å². The van der Waals surface area contributed by atoms with E-state index in [1.54, 1.807) is 47.7 Å². The number of aliphatic hydroxyl groups excluding tert-OH is 1. The summed E-state index contributed by atoms with van der Waals surface area (Å²) in [6.07, 6.45) is 1.56. The molecule has 43 heavy (non-hydrogen) atoms. The van der Waals surface area contributed by atoms with E-state index in [1.807, 2.05) is 13.8 Å². The average molecular weight is 625 g/mol. The number of aryl methyl sites for hydroxylation is 1. The van der Waals surface area contributed by atoms with Gasteiger partial charge in [-0.05, 0) is 77.3 Å². The van der Waals surface area contributed by atoms with Gasteiger partial charge in [-0.25, -0.2) is 4.79 Å². The molecule has 1 saturated carbocycles. The van der Waals surface area contributed by atoms with Crippen molar-refractivity contribution in [2.75, 3.05) is 14.1 Å². The van der Waals surface area contributed by atoms with Gasteiger partial charge in [-0.1, -0.05) is 25.4 Å². The highest BCUT2D eigenvalue weighted by molar-refractivity contribution is 6.30. The van der Waals surface area contributed by atoms with Gasteiger partial charge >= 0.3 is 6.09 Å². The van der Waals surface area contributed by atoms with Crippen LogP contribution >= 0.6 is 11.6 Å². The fourth-order valence-electron chi connectivity index (χ4n) is 4.73. The Hall–Kier alpha value is -2.96. The van der Waals surface area contributed by atoms with Gasteiger partial charge in [0.1, 0.15) is 23.9 Å². The minimum Gasteiger partial charge on any atom is -0.444 e. The van der Waals surface area contributed by atoms with Crippen molar-refractivity contribution in [1.29, 1.82) is 0 Å². The summed E-state index contributed by atoms with van der Waals surface area (Å²) < 4.78 is 5.34. The topological polar surface area (TPSA) is 167 Å². The Kier molecular flexibility index (Phi) is 12.8. The summed E-state index contributed by atoms with van der Waals surface area (Å²) in [6, 6.07) is -1.75. The number of ether oxygens (including phenoxy) is 1. The predicted octanol–water partition coefficient (Wildman–Crippen LogP) is 2.37. The van der Waals surface area contributed by atoms with E-state index in [0.29, 0.717) is 22.7 Å². The number of carbonyl (C=O) groups excluding carboxylic acids is 4. The Morgan fingerprint density at radius 3 is 2.26 bits per heavy atom. The van der Waals surface area contributed by atoms with E-state index in [-0.39, 0.29) is 24.2 Å². The molecule has 4 amide bonds. The molecule has 1 aliphatic carbocycles. The van der Waals surface area contributed by atoms with Gasteiger partial charge in [0.2, 0.25) is 17.7 Å². The van der Waals surface area contributed by atoms with Crippen LogP contribution in [0.3, 0.4) is 0 Å². The highest BCUT2D eigenvalue weighted by atomic mass is 35.5. The Bertz CT molecular complexity index is 1150. The van der Waals surface area contributed by atoms with Gasteiger partial charge in [-0.3, -0.25) is 24.7 Å². The summed E-state index contributed by atoms with van der Waals surface area (Å²) in [5.41, 5.74) is 6.35. The van der Waals surface area contributed by atoms with Crippen molar-refractivity contribution in [3.8, 4) is 0 Å². The number of halogens is 1.